The molecule has 0 bridgehead atoms. The van der Waals surface area contributed by atoms with Crippen molar-refractivity contribution in [3.8, 4) is 16.9 Å². The van der Waals surface area contributed by atoms with E-state index >= 15 is 0 Å². The molecule has 0 unspecified atom stereocenters. The number of benzene rings is 5. The van der Waals surface area contributed by atoms with Gasteiger partial charge in [-0.3, -0.25) is 0 Å². The van der Waals surface area contributed by atoms with Crippen LogP contribution in [0.3, 0.4) is 0 Å². The lowest BCUT2D eigenvalue weighted by Gasteiger charge is -2.10. The van der Waals surface area contributed by atoms with Gasteiger partial charge in [-0.25, -0.2) is 4.98 Å². The summed E-state index contributed by atoms with van der Waals surface area (Å²) in [5.74, 6) is 0. The van der Waals surface area contributed by atoms with Gasteiger partial charge in [-0.05, 0) is 73.2 Å². The molecule has 3 nitrogen and oxygen atoms in total. The molecule has 4 heteroatoms. The number of nitrogens with zero attached hydrogens (tertiary/aromatic N) is 2. The zero-order valence-electron chi connectivity index (χ0n) is 25.2. The van der Waals surface area contributed by atoms with E-state index in [9.17, 15) is 0 Å². The van der Waals surface area contributed by atoms with Gasteiger partial charge in [0.05, 0.1) is 33.5 Å². The van der Waals surface area contributed by atoms with Crippen molar-refractivity contribution in [1.82, 2.24) is 9.55 Å². The zero-order chi connectivity index (χ0) is 30.8. The molecule has 0 N–H and O–H groups in total. The van der Waals surface area contributed by atoms with E-state index in [1.54, 1.807) is 0 Å². The van der Waals surface area contributed by atoms with Gasteiger partial charge in [0.2, 0.25) is 0 Å². The number of allylic oxidation sites excluding steroid dienone is 1. The fraction of sp³-hybridized carbons (Fsp3) is 0.0238. The summed E-state index contributed by atoms with van der Waals surface area (Å²) in [5.41, 5.74) is 8.95. The van der Waals surface area contributed by atoms with Crippen molar-refractivity contribution in [3.63, 3.8) is 0 Å². The molecule has 0 atom stereocenters. The summed E-state index contributed by atoms with van der Waals surface area (Å²) < 4.78 is 11.2. The smallest absolute Gasteiger partial charge is 0.137 e. The predicted octanol–water partition coefficient (Wildman–Crippen LogP) is 10.3. The highest BCUT2D eigenvalue weighted by Crippen LogP contribution is 2.39. The minimum atomic E-state index is 0.871. The number of hydrogen-bond acceptors (Lipinski definition) is 3. The van der Waals surface area contributed by atoms with Crippen LogP contribution < -0.4 is 9.75 Å². The van der Waals surface area contributed by atoms with Gasteiger partial charge >= 0.3 is 0 Å². The number of aromatic nitrogens is 2. The number of thiophene rings is 1. The van der Waals surface area contributed by atoms with Crippen molar-refractivity contribution in [2.75, 3.05) is 0 Å². The number of furan rings is 1. The molecule has 46 heavy (non-hydrogen) atoms. The molecular weight excluding hydrogens is 581 g/mol. The molecule has 0 saturated carbocycles. The van der Waals surface area contributed by atoms with Gasteiger partial charge in [-0.2, -0.15) is 0 Å². The molecule has 0 saturated heterocycles. The second-order valence-electron chi connectivity index (χ2n) is 11.6. The SMILES string of the molecule is C=C(/C=c1\c(=C/C)sc2ccccc12)c1cccc(-c2ccc3c(c2)c2ccccc2n3-c2cccc3oc4ccccc4c23)n1. The Balaban J connectivity index is 1.20. The minimum absolute atomic E-state index is 0.871. The van der Waals surface area contributed by atoms with Crippen LogP contribution >= 0.6 is 11.3 Å². The average molecular weight is 609 g/mol. The summed E-state index contributed by atoms with van der Waals surface area (Å²) in [7, 11) is 0. The Morgan fingerprint density at radius 3 is 2.35 bits per heavy atom. The first-order valence-corrected chi connectivity index (χ1v) is 16.3. The monoisotopic (exact) mass is 608 g/mol. The highest BCUT2D eigenvalue weighted by Gasteiger charge is 2.18. The Morgan fingerprint density at radius 2 is 1.46 bits per heavy atom. The van der Waals surface area contributed by atoms with Crippen molar-refractivity contribution in [2.45, 2.75) is 6.92 Å². The standard InChI is InChI=1S/C42H28N2OS/c1-3-40-32(29-13-6-9-21-41(29)46-40)24-26(2)33-15-10-16-34(43-33)27-22-23-36-31(25-27)28-12-4-7-17-35(28)44(36)37-18-11-20-39-42(37)30-14-5-8-19-38(30)45-39/h3-25H,2H2,1H3/b32-24-,40-3+. The molecule has 4 aromatic heterocycles. The van der Waals surface area contributed by atoms with Crippen LogP contribution in [0.25, 0.3) is 88.5 Å². The van der Waals surface area contributed by atoms with Crippen molar-refractivity contribution in [1.29, 1.82) is 0 Å². The maximum absolute atomic E-state index is 6.26. The minimum Gasteiger partial charge on any atom is -0.456 e. The number of hydrogen-bond donors (Lipinski definition) is 0. The summed E-state index contributed by atoms with van der Waals surface area (Å²) in [6.45, 7) is 6.54. The lowest BCUT2D eigenvalue weighted by molar-refractivity contribution is 0.669. The summed E-state index contributed by atoms with van der Waals surface area (Å²) >= 11 is 1.81. The van der Waals surface area contributed by atoms with Crippen LogP contribution in [0.15, 0.2) is 138 Å². The predicted molar refractivity (Wildman–Crippen MR) is 196 cm³/mol. The van der Waals surface area contributed by atoms with Gasteiger partial charge in [0, 0.05) is 41.6 Å². The zero-order valence-corrected chi connectivity index (χ0v) is 26.0. The van der Waals surface area contributed by atoms with Crippen molar-refractivity contribution in [2.24, 2.45) is 0 Å². The fourth-order valence-electron chi connectivity index (χ4n) is 6.80. The normalized spacial score (nSPS) is 12.8. The maximum atomic E-state index is 6.26. The fourth-order valence-corrected chi connectivity index (χ4v) is 7.87. The van der Waals surface area contributed by atoms with E-state index in [-0.39, 0.29) is 0 Å². The lowest BCUT2D eigenvalue weighted by Crippen LogP contribution is -2.18. The van der Waals surface area contributed by atoms with Crippen LogP contribution in [0.1, 0.15) is 12.6 Å². The third-order valence-corrected chi connectivity index (χ3v) is 10.2. The van der Waals surface area contributed by atoms with Gasteiger partial charge < -0.3 is 8.98 Å². The molecule has 0 amide bonds. The number of fused-ring (bicyclic) bond motifs is 7. The molecule has 4 heterocycles. The highest BCUT2D eigenvalue weighted by molar-refractivity contribution is 7.17. The van der Waals surface area contributed by atoms with Crippen molar-refractivity contribution < 1.29 is 4.42 Å². The first-order valence-electron chi connectivity index (χ1n) is 15.4. The van der Waals surface area contributed by atoms with Gasteiger partial charge in [0.25, 0.3) is 0 Å². The van der Waals surface area contributed by atoms with Crippen LogP contribution in [0.2, 0.25) is 0 Å². The van der Waals surface area contributed by atoms with Crippen LogP contribution in [-0.2, 0) is 0 Å². The Morgan fingerprint density at radius 1 is 0.717 bits per heavy atom. The number of para-hydroxylation sites is 2. The summed E-state index contributed by atoms with van der Waals surface area (Å²) in [6, 6.07) is 44.7. The Hall–Kier alpha value is -5.71. The molecule has 0 radical (unpaired) electrons. The van der Waals surface area contributed by atoms with E-state index in [0.717, 1.165) is 61.2 Å². The van der Waals surface area contributed by atoms with E-state index in [1.807, 2.05) is 29.5 Å². The van der Waals surface area contributed by atoms with Crippen LogP contribution in [-0.4, -0.2) is 9.55 Å². The Kier molecular flexibility index (Phi) is 6.05. The van der Waals surface area contributed by atoms with Gasteiger partial charge in [0.15, 0.2) is 0 Å². The number of rotatable bonds is 4. The molecule has 0 aliphatic rings. The molecule has 0 spiro atoms. The van der Waals surface area contributed by atoms with E-state index < -0.39 is 0 Å². The lowest BCUT2D eigenvalue weighted by atomic mass is 10.0. The quantitative estimate of drug-likeness (QED) is 0.199. The van der Waals surface area contributed by atoms with Gasteiger partial charge in [0.1, 0.15) is 11.2 Å². The Labute approximate surface area is 269 Å². The molecule has 218 valence electrons. The first-order chi connectivity index (χ1) is 22.7. The largest absolute Gasteiger partial charge is 0.456 e. The second-order valence-corrected chi connectivity index (χ2v) is 12.7. The molecular formula is C42H28N2OS. The van der Waals surface area contributed by atoms with Crippen molar-refractivity contribution in [3.05, 3.63) is 149 Å². The second kappa shape index (κ2) is 10.4. The molecule has 5 aromatic carbocycles. The third kappa shape index (κ3) is 4.08. The first kappa shape index (κ1) is 26.7. The topological polar surface area (TPSA) is 31.0 Å². The molecule has 0 fully saturated rings. The highest BCUT2D eigenvalue weighted by atomic mass is 32.1. The van der Waals surface area contributed by atoms with E-state index in [0.29, 0.717) is 0 Å². The van der Waals surface area contributed by atoms with E-state index in [1.165, 1.54) is 30.6 Å². The third-order valence-electron chi connectivity index (χ3n) is 8.91. The van der Waals surface area contributed by atoms with Crippen molar-refractivity contribution >= 4 is 82.9 Å². The van der Waals surface area contributed by atoms with E-state index in [4.69, 9.17) is 9.40 Å². The van der Waals surface area contributed by atoms with Crippen LogP contribution in [0.5, 0.6) is 0 Å². The molecule has 9 rings (SSSR count). The van der Waals surface area contributed by atoms with E-state index in [2.05, 4.69) is 139 Å². The summed E-state index contributed by atoms with van der Waals surface area (Å²) in [4.78, 5) is 5.12. The number of pyridine rings is 1. The summed E-state index contributed by atoms with van der Waals surface area (Å²) in [5, 5.41) is 7.08. The molecule has 0 aliphatic heterocycles. The van der Waals surface area contributed by atoms with Crippen LogP contribution in [0, 0.1) is 0 Å². The van der Waals surface area contributed by atoms with Gasteiger partial charge in [-0.1, -0.05) is 85.5 Å². The molecule has 9 aromatic rings. The average Bonchev–Trinajstić information content (AvgIpc) is 3.77. The summed E-state index contributed by atoms with van der Waals surface area (Å²) in [6.07, 6.45) is 4.35. The van der Waals surface area contributed by atoms with Gasteiger partial charge in [-0.15, -0.1) is 11.3 Å². The Bertz CT molecular complexity index is 2790. The maximum Gasteiger partial charge on any atom is 0.137 e. The van der Waals surface area contributed by atoms with Crippen LogP contribution in [0.4, 0.5) is 0 Å². The molecule has 0 aliphatic carbocycles.